The number of aromatic nitrogens is 3. The number of amides is 2. The van der Waals surface area contributed by atoms with Gasteiger partial charge in [-0.25, -0.2) is 4.79 Å². The number of nitrogens with zero attached hydrogens (tertiary/aromatic N) is 3. The van der Waals surface area contributed by atoms with Crippen molar-refractivity contribution in [1.29, 1.82) is 0 Å². The average Bonchev–Trinajstić information content (AvgIpc) is 2.75. The number of hydrogen-bond acceptors (Lipinski definition) is 4. The van der Waals surface area contributed by atoms with E-state index in [4.69, 9.17) is 5.73 Å². The molecular formula is C11H14N6O. The zero-order valence-electron chi connectivity index (χ0n) is 9.92. The molecule has 18 heavy (non-hydrogen) atoms. The van der Waals surface area contributed by atoms with Crippen LogP contribution in [0.25, 0.3) is 0 Å². The van der Waals surface area contributed by atoms with E-state index in [0.29, 0.717) is 23.7 Å². The standard InChI is InChI=1S/C11H14N6O/c1-17-7-14-16-10(17)6-13-11(18)15-9-4-2-8(12)3-5-9/h2-5,7H,6,12H2,1H3,(H2,13,15,18). The van der Waals surface area contributed by atoms with E-state index in [1.165, 1.54) is 0 Å². The minimum absolute atomic E-state index is 0.303. The van der Waals surface area contributed by atoms with Crippen LogP contribution in [0.5, 0.6) is 0 Å². The van der Waals surface area contributed by atoms with Crippen LogP contribution in [0.15, 0.2) is 30.6 Å². The summed E-state index contributed by atoms with van der Waals surface area (Å²) in [6.07, 6.45) is 1.58. The fourth-order valence-corrected chi connectivity index (χ4v) is 1.37. The largest absolute Gasteiger partial charge is 0.399 e. The number of nitrogens with two attached hydrogens (primary N) is 1. The van der Waals surface area contributed by atoms with Crippen molar-refractivity contribution in [2.75, 3.05) is 11.1 Å². The molecule has 0 spiro atoms. The highest BCUT2D eigenvalue weighted by molar-refractivity contribution is 5.89. The molecule has 0 atom stereocenters. The molecule has 0 saturated heterocycles. The van der Waals surface area contributed by atoms with Crippen LogP contribution in [0.2, 0.25) is 0 Å². The van der Waals surface area contributed by atoms with Gasteiger partial charge in [0.2, 0.25) is 0 Å². The van der Waals surface area contributed by atoms with Gasteiger partial charge in [-0.2, -0.15) is 0 Å². The van der Waals surface area contributed by atoms with Gasteiger partial charge in [0.1, 0.15) is 6.33 Å². The Kier molecular flexibility index (Phi) is 3.42. The van der Waals surface area contributed by atoms with Gasteiger partial charge >= 0.3 is 6.03 Å². The van der Waals surface area contributed by atoms with E-state index < -0.39 is 0 Å². The first-order valence-corrected chi connectivity index (χ1v) is 5.38. The molecule has 0 unspecified atom stereocenters. The maximum atomic E-state index is 11.6. The van der Waals surface area contributed by atoms with Crippen molar-refractivity contribution in [3.63, 3.8) is 0 Å². The molecule has 4 N–H and O–H groups in total. The number of rotatable bonds is 3. The number of urea groups is 1. The number of carbonyl (C=O) groups is 1. The molecule has 2 aromatic rings. The van der Waals surface area contributed by atoms with Crippen LogP contribution in [0, 0.1) is 0 Å². The molecule has 0 bridgehead atoms. The lowest BCUT2D eigenvalue weighted by Crippen LogP contribution is -2.29. The molecule has 1 heterocycles. The first-order chi connectivity index (χ1) is 8.65. The summed E-state index contributed by atoms with van der Waals surface area (Å²) in [7, 11) is 1.81. The second kappa shape index (κ2) is 5.17. The van der Waals surface area contributed by atoms with Crippen molar-refractivity contribution < 1.29 is 4.79 Å². The fraction of sp³-hybridized carbons (Fsp3) is 0.182. The molecule has 0 aliphatic carbocycles. The maximum absolute atomic E-state index is 11.6. The third-order valence-corrected chi connectivity index (χ3v) is 2.38. The molecule has 2 rings (SSSR count). The second-order valence-electron chi connectivity index (χ2n) is 3.79. The summed E-state index contributed by atoms with van der Waals surface area (Å²) < 4.78 is 1.74. The predicted molar refractivity (Wildman–Crippen MR) is 67.7 cm³/mol. The highest BCUT2D eigenvalue weighted by atomic mass is 16.2. The Morgan fingerprint density at radius 2 is 2.11 bits per heavy atom. The van der Waals surface area contributed by atoms with Crippen molar-refractivity contribution in [3.05, 3.63) is 36.4 Å². The number of aryl methyl sites for hydroxylation is 1. The summed E-state index contributed by atoms with van der Waals surface area (Å²) in [4.78, 5) is 11.6. The zero-order valence-corrected chi connectivity index (χ0v) is 9.92. The number of anilines is 2. The van der Waals surface area contributed by atoms with Crippen molar-refractivity contribution in [2.24, 2.45) is 7.05 Å². The molecule has 2 amide bonds. The van der Waals surface area contributed by atoms with E-state index in [1.807, 2.05) is 7.05 Å². The SMILES string of the molecule is Cn1cnnc1CNC(=O)Nc1ccc(N)cc1. The lowest BCUT2D eigenvalue weighted by molar-refractivity contribution is 0.251. The molecule has 7 nitrogen and oxygen atoms in total. The lowest BCUT2D eigenvalue weighted by atomic mass is 10.3. The minimum atomic E-state index is -0.303. The smallest absolute Gasteiger partial charge is 0.319 e. The predicted octanol–water partition coefficient (Wildman–Crippen LogP) is 0.719. The van der Waals surface area contributed by atoms with Gasteiger partial charge in [0.05, 0.1) is 6.54 Å². The van der Waals surface area contributed by atoms with Crippen LogP contribution >= 0.6 is 0 Å². The van der Waals surface area contributed by atoms with Crippen molar-refractivity contribution >= 4 is 17.4 Å². The number of nitrogens with one attached hydrogen (secondary N) is 2. The Hall–Kier alpha value is -2.57. The van der Waals surface area contributed by atoms with Crippen LogP contribution in [-0.4, -0.2) is 20.8 Å². The molecule has 0 aliphatic heterocycles. The highest BCUT2D eigenvalue weighted by Crippen LogP contribution is 2.09. The summed E-state index contributed by atoms with van der Waals surface area (Å²) >= 11 is 0. The van der Waals surface area contributed by atoms with Crippen LogP contribution < -0.4 is 16.4 Å². The van der Waals surface area contributed by atoms with E-state index in [1.54, 1.807) is 35.2 Å². The van der Waals surface area contributed by atoms with Gasteiger partial charge in [0, 0.05) is 18.4 Å². The topological polar surface area (TPSA) is 97.9 Å². The van der Waals surface area contributed by atoms with Gasteiger partial charge in [-0.05, 0) is 24.3 Å². The van der Waals surface area contributed by atoms with E-state index >= 15 is 0 Å². The number of carbonyl (C=O) groups excluding carboxylic acids is 1. The molecule has 94 valence electrons. The van der Waals surface area contributed by atoms with Gasteiger partial charge in [0.25, 0.3) is 0 Å². The number of benzene rings is 1. The number of nitrogen functional groups attached to an aromatic ring is 1. The van der Waals surface area contributed by atoms with Crippen molar-refractivity contribution in [2.45, 2.75) is 6.54 Å². The van der Waals surface area contributed by atoms with Gasteiger partial charge in [-0.1, -0.05) is 0 Å². The Morgan fingerprint density at radius 3 is 2.72 bits per heavy atom. The molecule has 7 heteroatoms. The maximum Gasteiger partial charge on any atom is 0.319 e. The van der Waals surface area contributed by atoms with E-state index in [9.17, 15) is 4.79 Å². The van der Waals surface area contributed by atoms with Crippen molar-refractivity contribution in [1.82, 2.24) is 20.1 Å². The van der Waals surface area contributed by atoms with Gasteiger partial charge in [-0.15, -0.1) is 10.2 Å². The fourth-order valence-electron chi connectivity index (χ4n) is 1.37. The quantitative estimate of drug-likeness (QED) is 0.695. The summed E-state index contributed by atoms with van der Waals surface area (Å²) in [5, 5.41) is 13.0. The molecular weight excluding hydrogens is 232 g/mol. The van der Waals surface area contributed by atoms with Crippen molar-refractivity contribution in [3.8, 4) is 0 Å². The van der Waals surface area contributed by atoms with Gasteiger partial charge < -0.3 is 20.9 Å². The molecule has 0 saturated carbocycles. The lowest BCUT2D eigenvalue weighted by Gasteiger charge is -2.07. The third kappa shape index (κ3) is 2.97. The van der Waals surface area contributed by atoms with E-state index in [0.717, 1.165) is 0 Å². The summed E-state index contributed by atoms with van der Waals surface area (Å²) in [6, 6.07) is 6.60. The Bertz CT molecular complexity index is 533. The molecule has 0 aliphatic rings. The number of hydrogen-bond donors (Lipinski definition) is 3. The molecule has 1 aromatic heterocycles. The van der Waals surface area contributed by atoms with Gasteiger partial charge in [-0.3, -0.25) is 0 Å². The third-order valence-electron chi connectivity index (χ3n) is 2.38. The van der Waals surface area contributed by atoms with Crippen LogP contribution in [0.4, 0.5) is 16.2 Å². The summed E-state index contributed by atoms with van der Waals surface area (Å²) in [5.41, 5.74) is 6.88. The summed E-state index contributed by atoms with van der Waals surface area (Å²) in [6.45, 7) is 0.317. The molecule has 1 aromatic carbocycles. The van der Waals surface area contributed by atoms with Crippen LogP contribution in [0.3, 0.4) is 0 Å². The zero-order chi connectivity index (χ0) is 13.0. The molecule has 0 fully saturated rings. The van der Waals surface area contributed by atoms with Crippen LogP contribution in [-0.2, 0) is 13.6 Å². The monoisotopic (exact) mass is 246 g/mol. The van der Waals surface area contributed by atoms with Crippen LogP contribution in [0.1, 0.15) is 5.82 Å². The molecule has 0 radical (unpaired) electrons. The second-order valence-corrected chi connectivity index (χ2v) is 3.79. The first kappa shape index (κ1) is 11.9. The normalized spacial score (nSPS) is 10.1. The highest BCUT2D eigenvalue weighted by Gasteiger charge is 2.04. The average molecular weight is 246 g/mol. The Labute approximate surface area is 104 Å². The Morgan fingerprint density at radius 1 is 1.39 bits per heavy atom. The minimum Gasteiger partial charge on any atom is -0.399 e. The van der Waals surface area contributed by atoms with E-state index in [-0.39, 0.29) is 6.03 Å². The summed E-state index contributed by atoms with van der Waals surface area (Å²) in [5.74, 6) is 0.683. The Balaban J connectivity index is 1.86. The first-order valence-electron chi connectivity index (χ1n) is 5.38. The van der Waals surface area contributed by atoms with Gasteiger partial charge in [0.15, 0.2) is 5.82 Å². The van der Waals surface area contributed by atoms with E-state index in [2.05, 4.69) is 20.8 Å².